The van der Waals surface area contributed by atoms with Crippen molar-refractivity contribution in [1.82, 2.24) is 4.90 Å². The summed E-state index contributed by atoms with van der Waals surface area (Å²) in [5.74, 6) is -6.31. The van der Waals surface area contributed by atoms with Gasteiger partial charge in [-0.3, -0.25) is 14.6 Å². The zero-order valence-corrected chi connectivity index (χ0v) is 35.2. The average Bonchev–Trinajstić information content (AvgIpc) is 3.70. The molecule has 1 amide bonds. The predicted octanol–water partition coefficient (Wildman–Crippen LogP) is 4.32. The minimum Gasteiger partial charge on any atom is -0.507 e. The molecule has 1 saturated heterocycles. The van der Waals surface area contributed by atoms with Crippen LogP contribution in [0.1, 0.15) is 90.6 Å². The van der Waals surface area contributed by atoms with Crippen molar-refractivity contribution in [2.45, 2.75) is 123 Å². The van der Waals surface area contributed by atoms with Crippen LogP contribution in [-0.2, 0) is 14.3 Å². The number of likely N-dealkylation sites (tertiary alicyclic amines) is 1. The molecule has 0 aromatic heterocycles. The zero-order valence-electron chi connectivity index (χ0n) is 35.2. The number of nitrogens with zero attached hydrogens (tertiary/aromatic N) is 3. The number of fused-ring (bicyclic) bond motifs is 13. The molecule has 6 N–H and O–H groups in total. The molecule has 7 rings (SSSR count). The highest BCUT2D eigenvalue weighted by Crippen LogP contribution is 2.51. The van der Waals surface area contributed by atoms with E-state index in [9.17, 15) is 35.1 Å². The summed E-state index contributed by atoms with van der Waals surface area (Å²) in [4.78, 5) is 40.3. The lowest BCUT2D eigenvalue weighted by Crippen LogP contribution is -2.49. The van der Waals surface area contributed by atoms with Gasteiger partial charge in [-0.05, 0) is 33.3 Å². The Morgan fingerprint density at radius 3 is 2.22 bits per heavy atom. The van der Waals surface area contributed by atoms with E-state index in [4.69, 9.17) is 19.2 Å². The van der Waals surface area contributed by atoms with Crippen LogP contribution in [0.25, 0.3) is 10.8 Å². The molecule has 58 heavy (non-hydrogen) atoms. The van der Waals surface area contributed by atoms with Crippen molar-refractivity contribution in [1.29, 1.82) is 0 Å². The van der Waals surface area contributed by atoms with E-state index in [1.807, 2.05) is 0 Å². The van der Waals surface area contributed by atoms with Gasteiger partial charge in [0.05, 0.1) is 47.3 Å². The van der Waals surface area contributed by atoms with E-state index in [1.165, 1.54) is 20.3 Å². The maximum Gasteiger partial charge on any atom is 0.312 e. The smallest absolute Gasteiger partial charge is 0.312 e. The number of rotatable bonds is 3. The number of aromatic hydroxyl groups is 2. The Balaban J connectivity index is 1.56. The van der Waals surface area contributed by atoms with E-state index in [0.29, 0.717) is 24.6 Å². The number of phenolic OH excluding ortho intramolecular Hbond substituents is 2. The molecule has 14 nitrogen and oxygen atoms in total. The third-order valence-electron chi connectivity index (χ3n) is 13.2. The molecule has 2 aromatic rings. The number of allylic oxidation sites excluding steroid dienone is 2. The second-order valence-corrected chi connectivity index (χ2v) is 17.0. The lowest BCUT2D eigenvalue weighted by atomic mass is 9.78. The third kappa shape index (κ3) is 7.42. The van der Waals surface area contributed by atoms with Gasteiger partial charge in [0.2, 0.25) is 0 Å². The number of piperidine rings is 1. The number of aliphatic hydroxyl groups excluding tert-OH is 3. The summed E-state index contributed by atoms with van der Waals surface area (Å²) in [7, 11) is 1.47. The van der Waals surface area contributed by atoms with Crippen molar-refractivity contribution in [2.24, 2.45) is 33.7 Å². The first-order valence-corrected chi connectivity index (χ1v) is 20.4. The number of hydrogen-bond acceptors (Lipinski definition) is 13. The van der Waals surface area contributed by atoms with Crippen LogP contribution in [0.4, 0.5) is 5.69 Å². The number of carbonyl (C=O) groups is 2. The van der Waals surface area contributed by atoms with Crippen molar-refractivity contribution in [3.8, 4) is 17.2 Å². The summed E-state index contributed by atoms with van der Waals surface area (Å²) in [6.45, 7) is 17.3. The van der Waals surface area contributed by atoms with Crippen molar-refractivity contribution in [2.75, 3.05) is 25.5 Å². The predicted molar refractivity (Wildman–Crippen MR) is 218 cm³/mol. The van der Waals surface area contributed by atoms with E-state index in [-0.39, 0.29) is 49.7 Å². The van der Waals surface area contributed by atoms with Crippen LogP contribution in [0.5, 0.6) is 17.2 Å². The Hall–Kier alpha value is -4.34. The summed E-state index contributed by atoms with van der Waals surface area (Å²) in [5.41, 5.74) is -0.0493. The Kier molecular flexibility index (Phi) is 12.2. The van der Waals surface area contributed by atoms with Crippen molar-refractivity contribution < 1.29 is 49.3 Å². The summed E-state index contributed by atoms with van der Waals surface area (Å²) in [6, 6.07) is 0.368. The molecule has 1 spiro atoms. The maximum atomic E-state index is 14.6. The second-order valence-electron chi connectivity index (χ2n) is 17.0. The van der Waals surface area contributed by atoms with E-state index in [2.05, 4.69) is 29.1 Å². The fourth-order valence-corrected chi connectivity index (χ4v) is 8.82. The van der Waals surface area contributed by atoms with E-state index in [0.717, 1.165) is 19.5 Å². The molecule has 5 bridgehead atoms. The van der Waals surface area contributed by atoms with Crippen LogP contribution < -0.4 is 20.8 Å². The van der Waals surface area contributed by atoms with Gasteiger partial charge in [-0.25, -0.2) is 4.99 Å². The number of nitrogens with one attached hydrogen (secondary N) is 1. The van der Waals surface area contributed by atoms with Crippen molar-refractivity contribution in [3.05, 3.63) is 58.0 Å². The Labute approximate surface area is 339 Å². The van der Waals surface area contributed by atoms with Crippen LogP contribution in [0, 0.1) is 30.6 Å². The number of phenols is 2. The first kappa shape index (κ1) is 43.2. The van der Waals surface area contributed by atoms with Gasteiger partial charge in [0.25, 0.3) is 11.7 Å². The maximum absolute atomic E-state index is 14.6. The number of amides is 1. The number of anilines is 1. The fourth-order valence-electron chi connectivity index (χ4n) is 8.82. The van der Waals surface area contributed by atoms with Gasteiger partial charge in [0, 0.05) is 86.2 Å². The van der Waals surface area contributed by atoms with Gasteiger partial charge in [0.15, 0.2) is 5.75 Å². The minimum absolute atomic E-state index is 0.0680. The van der Waals surface area contributed by atoms with Crippen LogP contribution in [0.15, 0.2) is 46.1 Å². The molecule has 2 aromatic carbocycles. The number of hydrogen-bond donors (Lipinski definition) is 6. The first-order chi connectivity index (χ1) is 27.3. The fraction of sp³-hybridized carbons (Fsp3) is 0.591. The van der Waals surface area contributed by atoms with Crippen LogP contribution in [0.2, 0.25) is 0 Å². The third-order valence-corrected chi connectivity index (χ3v) is 13.2. The molecule has 0 saturated carbocycles. The molecule has 316 valence electrons. The van der Waals surface area contributed by atoms with Gasteiger partial charge in [-0.1, -0.05) is 52.8 Å². The Bertz CT molecular complexity index is 2180. The number of ether oxygens (including phenoxy) is 3. The van der Waals surface area contributed by atoms with Gasteiger partial charge in [-0.2, -0.15) is 0 Å². The van der Waals surface area contributed by atoms with Gasteiger partial charge >= 0.3 is 5.79 Å². The number of Topliss-reactive ketones (excluding diaryl/α,β-unsaturated/α-hetero) is 1. The lowest BCUT2D eigenvalue weighted by molar-refractivity contribution is -0.114. The topological polar surface area (TPSA) is 203 Å². The number of methoxy groups -OCH3 is 1. The van der Waals surface area contributed by atoms with Crippen LogP contribution in [0.3, 0.4) is 0 Å². The molecular weight excluding hydrogens is 745 g/mol. The molecule has 1 fully saturated rings. The van der Waals surface area contributed by atoms with E-state index >= 15 is 0 Å². The normalized spacial score (nSPS) is 34.3. The van der Waals surface area contributed by atoms with Crippen LogP contribution in [-0.4, -0.2) is 104 Å². The van der Waals surface area contributed by atoms with Gasteiger partial charge in [0.1, 0.15) is 27.9 Å². The van der Waals surface area contributed by atoms with Crippen molar-refractivity contribution in [3.63, 3.8) is 0 Å². The highest BCUT2D eigenvalue weighted by atomic mass is 16.7. The molecule has 0 radical (unpaired) electrons. The summed E-state index contributed by atoms with van der Waals surface area (Å²) in [5, 5.41) is 61.5. The average molecular weight is 805 g/mol. The highest BCUT2D eigenvalue weighted by Gasteiger charge is 2.50. The zero-order chi connectivity index (χ0) is 42.6. The van der Waals surface area contributed by atoms with E-state index in [1.54, 1.807) is 65.8 Å². The number of benzene rings is 2. The first-order valence-electron chi connectivity index (χ1n) is 20.4. The summed E-state index contributed by atoms with van der Waals surface area (Å²) in [6.07, 6.45) is 6.00. The molecule has 0 aliphatic carbocycles. The van der Waals surface area contributed by atoms with Gasteiger partial charge in [-0.15, -0.1) is 0 Å². The molecule has 5 aliphatic heterocycles. The molecule has 0 unspecified atom stereocenters. The summed E-state index contributed by atoms with van der Waals surface area (Å²) >= 11 is 0. The summed E-state index contributed by atoms with van der Waals surface area (Å²) < 4.78 is 18.0. The Morgan fingerprint density at radius 1 is 0.948 bits per heavy atom. The van der Waals surface area contributed by atoms with Crippen LogP contribution >= 0.6 is 0 Å². The number of aliphatic hydroxyl groups is 3. The number of carbonyl (C=O) groups excluding carboxylic acids is 2. The molecule has 10 atom stereocenters. The standard InChI is InChI=1S/C44H60N4O10/c1-11-23(4)48-18-16-44(17-19-48)46-32-29-30-38(52)27(8)40-31(29)41(54)43(9,58-40)57-20-15-28(56-10)24(5)36(50)26(7)37(51)25(6)35(49)21(2)13-12-14-22(3)42(55)45-34(39(30)53)33(32)47-44/h12-15,20-21,23-26,28,35-37,46,49-53H,11,16-19H2,1-10H3/b13-12-,20-15-,22-14-,45-34?/t21-,23+,24+,25+,26-,28-,35-,36+,37-,43-/m0/s1. The molecule has 5 aliphatic rings. The SMILES string of the molecule is CC[C@@H](C)N1CCC2(CC1)N=c1c(c3c4c5c(C)c(O)c3c(O)c1=NC(=O)/C(C)=C\C=C/[C@H](C)[C@H](O)[C@@H](C)[C@H](O)[C@@H](C)[C@H](O)[C@H](C)[C@@H](OC)/C=C\O[C@@](C)(O5)C4=O)N2. The van der Waals surface area contributed by atoms with Crippen molar-refractivity contribution >= 4 is 28.2 Å². The number of ketones is 1. The van der Waals surface area contributed by atoms with E-state index < -0.39 is 77.0 Å². The Morgan fingerprint density at radius 2 is 1.59 bits per heavy atom. The largest absolute Gasteiger partial charge is 0.507 e. The quantitative estimate of drug-likeness (QED) is 0.240. The second kappa shape index (κ2) is 16.4. The molecular formula is C44H60N4O10. The molecule has 14 heteroatoms. The minimum atomic E-state index is -1.92. The van der Waals surface area contributed by atoms with Gasteiger partial charge < -0.3 is 50.0 Å². The monoisotopic (exact) mass is 804 g/mol. The highest BCUT2D eigenvalue weighted by molar-refractivity contribution is 6.21. The lowest BCUT2D eigenvalue weighted by Gasteiger charge is -2.40. The molecule has 5 heterocycles.